The third-order valence-corrected chi connectivity index (χ3v) is 0.933. The highest BCUT2D eigenvalue weighted by Gasteiger charge is 1.87. The number of halogens is 1. The molecule has 2 nitrogen and oxygen atoms in total. The fraction of sp³-hybridized carbons (Fsp3) is 0.667. The summed E-state index contributed by atoms with van der Waals surface area (Å²) in [5, 5.41) is 5.52. The van der Waals surface area contributed by atoms with Crippen LogP contribution in [0.25, 0.3) is 0 Å². The molecule has 0 spiro atoms. The van der Waals surface area contributed by atoms with Crippen LogP contribution in [0.15, 0.2) is 0 Å². The normalized spacial score (nSPS) is 7.00. The molecule has 44 valence electrons. The zero-order chi connectivity index (χ0) is 4.99. The van der Waals surface area contributed by atoms with Crippen molar-refractivity contribution < 1.29 is 29.4 Å². The number of hydrogen-bond donors (Lipinski definition) is 2. The molecule has 0 aliphatic carbocycles. The number of hydrogen-bond acceptors (Lipinski definition) is 1. The summed E-state index contributed by atoms with van der Waals surface area (Å²) in [6, 6.07) is 0. The van der Waals surface area contributed by atoms with Gasteiger partial charge in [-0.3, -0.25) is 11.1 Å². The van der Waals surface area contributed by atoms with Crippen molar-refractivity contribution in [1.29, 1.82) is 0 Å². The summed E-state index contributed by atoms with van der Waals surface area (Å²) in [6.45, 7) is 2.00. The van der Waals surface area contributed by atoms with E-state index < -0.39 is 0 Å². The maximum Gasteiger partial charge on any atom is 0.299 e. The Morgan fingerprint density at radius 2 is 2.29 bits per heavy atom. The summed E-state index contributed by atoms with van der Waals surface area (Å²) in [5.74, 6) is 0.961. The smallest absolute Gasteiger partial charge is 0.299 e. The second-order valence-electron chi connectivity index (χ2n) is 0.835. The summed E-state index contributed by atoms with van der Waals surface area (Å²) >= 11 is 1.46. The Balaban J connectivity index is 0. The number of thioether (sulfide) groups is 1. The fourth-order valence-corrected chi connectivity index (χ4v) is 0.500. The minimum absolute atomic E-state index is 0. The Kier molecular flexibility index (Phi) is 9.84. The molecule has 0 amide bonds. The van der Waals surface area contributed by atoms with Crippen molar-refractivity contribution in [2.45, 2.75) is 6.92 Å². The van der Waals surface area contributed by atoms with Crippen LogP contribution in [0.3, 0.4) is 0 Å². The average Bonchev–Trinajstić information content (AvgIpc) is 1.35. The molecule has 0 aromatic rings. The van der Waals surface area contributed by atoms with Crippen LogP contribution in [0.5, 0.6) is 0 Å². The SMILES string of the molecule is CCSC(N)=[NH2+].[I-]. The fourth-order valence-electron chi connectivity index (χ4n) is 0.167. The quantitative estimate of drug-likeness (QED) is 0.274. The predicted octanol–water partition coefficient (Wildman–Crippen LogP) is -4.18. The molecular weight excluding hydrogens is 223 g/mol. The van der Waals surface area contributed by atoms with Gasteiger partial charge in [-0.2, -0.15) is 0 Å². The third-order valence-electron chi connectivity index (χ3n) is 0.311. The molecule has 0 aliphatic rings. The molecule has 0 aromatic heterocycles. The van der Waals surface area contributed by atoms with E-state index in [9.17, 15) is 0 Å². The van der Waals surface area contributed by atoms with E-state index in [0.717, 1.165) is 5.75 Å². The molecule has 0 bridgehead atoms. The molecule has 0 radical (unpaired) electrons. The highest BCUT2D eigenvalue weighted by Crippen LogP contribution is 1.89. The van der Waals surface area contributed by atoms with E-state index in [4.69, 9.17) is 11.1 Å². The summed E-state index contributed by atoms with van der Waals surface area (Å²) in [4.78, 5) is 0. The van der Waals surface area contributed by atoms with Crippen LogP contribution in [0.4, 0.5) is 0 Å². The topological polar surface area (TPSA) is 51.6 Å². The lowest BCUT2D eigenvalue weighted by Crippen LogP contribution is -3.00. The lowest BCUT2D eigenvalue weighted by Gasteiger charge is -1.78. The Bertz CT molecular complexity index is 56.9. The first kappa shape index (κ1) is 10.5. The van der Waals surface area contributed by atoms with Gasteiger partial charge in [0.25, 0.3) is 5.17 Å². The molecule has 0 aromatic carbocycles. The van der Waals surface area contributed by atoms with Gasteiger partial charge in [-0.15, -0.1) is 0 Å². The van der Waals surface area contributed by atoms with Crippen LogP contribution in [0, 0.1) is 0 Å². The van der Waals surface area contributed by atoms with E-state index >= 15 is 0 Å². The van der Waals surface area contributed by atoms with Crippen molar-refractivity contribution in [3.8, 4) is 0 Å². The van der Waals surface area contributed by atoms with Crippen molar-refractivity contribution in [3.05, 3.63) is 0 Å². The van der Waals surface area contributed by atoms with Crippen molar-refractivity contribution in [2.75, 3.05) is 5.75 Å². The van der Waals surface area contributed by atoms with Crippen molar-refractivity contribution in [2.24, 2.45) is 5.73 Å². The number of amidine groups is 1. The van der Waals surface area contributed by atoms with Gasteiger partial charge < -0.3 is 24.0 Å². The van der Waals surface area contributed by atoms with Gasteiger partial charge in [-0.1, -0.05) is 6.92 Å². The van der Waals surface area contributed by atoms with Gasteiger partial charge in [0.1, 0.15) is 0 Å². The van der Waals surface area contributed by atoms with E-state index in [-0.39, 0.29) is 24.0 Å². The lowest BCUT2D eigenvalue weighted by atomic mass is 11.0. The summed E-state index contributed by atoms with van der Waals surface area (Å²) in [6.07, 6.45) is 0. The van der Waals surface area contributed by atoms with Gasteiger partial charge >= 0.3 is 0 Å². The summed E-state index contributed by atoms with van der Waals surface area (Å²) < 4.78 is 0. The Hall–Kier alpha value is 0.550. The van der Waals surface area contributed by atoms with Gasteiger partial charge in [0.15, 0.2) is 0 Å². The summed E-state index contributed by atoms with van der Waals surface area (Å²) in [7, 11) is 0. The molecular formula is C3H9IN2S. The van der Waals surface area contributed by atoms with Crippen LogP contribution in [-0.4, -0.2) is 10.9 Å². The van der Waals surface area contributed by atoms with Crippen LogP contribution in [0.2, 0.25) is 0 Å². The Morgan fingerprint density at radius 3 is 2.29 bits per heavy atom. The standard InChI is InChI=1S/C3H8N2S.HI/c1-2-6-3(4)5;/h2H2,1H3,(H3,4,5);1H. The first-order valence-electron chi connectivity index (χ1n) is 1.78. The van der Waals surface area contributed by atoms with E-state index in [1.807, 2.05) is 6.92 Å². The van der Waals surface area contributed by atoms with Crippen molar-refractivity contribution in [1.82, 2.24) is 0 Å². The van der Waals surface area contributed by atoms with Gasteiger partial charge in [0, 0.05) is 5.75 Å². The van der Waals surface area contributed by atoms with E-state index in [0.29, 0.717) is 5.17 Å². The molecule has 4 heteroatoms. The van der Waals surface area contributed by atoms with Gasteiger partial charge in [-0.05, 0) is 11.8 Å². The minimum atomic E-state index is 0. The second kappa shape index (κ2) is 6.55. The molecule has 4 N–H and O–H groups in total. The summed E-state index contributed by atoms with van der Waals surface area (Å²) in [5.41, 5.74) is 5.06. The number of nitrogens with two attached hydrogens (primary N) is 2. The zero-order valence-electron chi connectivity index (χ0n) is 4.15. The highest BCUT2D eigenvalue weighted by atomic mass is 127. The second-order valence-corrected chi connectivity index (χ2v) is 2.17. The molecule has 0 saturated heterocycles. The largest absolute Gasteiger partial charge is 1.00 e. The van der Waals surface area contributed by atoms with Crippen LogP contribution in [0.1, 0.15) is 6.92 Å². The van der Waals surface area contributed by atoms with E-state index in [2.05, 4.69) is 0 Å². The molecule has 7 heavy (non-hydrogen) atoms. The molecule has 0 unspecified atom stereocenters. The van der Waals surface area contributed by atoms with Crippen molar-refractivity contribution in [3.63, 3.8) is 0 Å². The van der Waals surface area contributed by atoms with E-state index in [1.54, 1.807) is 0 Å². The van der Waals surface area contributed by atoms with Crippen LogP contribution < -0.4 is 35.1 Å². The van der Waals surface area contributed by atoms with E-state index in [1.165, 1.54) is 11.8 Å². The van der Waals surface area contributed by atoms with Gasteiger partial charge in [0.05, 0.1) is 0 Å². The first-order valence-corrected chi connectivity index (χ1v) is 2.76. The molecule has 0 heterocycles. The third kappa shape index (κ3) is 10.8. The minimum Gasteiger partial charge on any atom is -1.00 e. The average molecular weight is 232 g/mol. The number of rotatable bonds is 1. The molecule has 0 rings (SSSR count). The lowest BCUT2D eigenvalue weighted by molar-refractivity contribution is -0.110. The van der Waals surface area contributed by atoms with Crippen molar-refractivity contribution >= 4 is 16.9 Å². The first-order chi connectivity index (χ1) is 2.77. The monoisotopic (exact) mass is 232 g/mol. The highest BCUT2D eigenvalue weighted by molar-refractivity contribution is 8.13. The Morgan fingerprint density at radius 1 is 1.86 bits per heavy atom. The Labute approximate surface area is 64.8 Å². The van der Waals surface area contributed by atoms with Gasteiger partial charge in [-0.25, -0.2) is 0 Å². The predicted molar refractivity (Wildman–Crippen MR) is 29.3 cm³/mol. The maximum atomic E-state index is 5.06. The molecule has 0 saturated carbocycles. The van der Waals surface area contributed by atoms with Crippen LogP contribution in [-0.2, 0) is 0 Å². The molecule has 0 aliphatic heterocycles. The molecule has 0 fully saturated rings. The zero-order valence-corrected chi connectivity index (χ0v) is 7.12. The molecule has 0 atom stereocenters. The van der Waals surface area contributed by atoms with Crippen LogP contribution >= 0.6 is 11.8 Å². The maximum absolute atomic E-state index is 5.06. The van der Waals surface area contributed by atoms with Gasteiger partial charge in [0.2, 0.25) is 0 Å².